The van der Waals surface area contributed by atoms with E-state index in [4.69, 9.17) is 23.1 Å². The fourth-order valence-corrected chi connectivity index (χ4v) is 2.79. The Morgan fingerprint density at radius 1 is 1.19 bits per heavy atom. The maximum Gasteiger partial charge on any atom is 0.222 e. The van der Waals surface area contributed by atoms with Gasteiger partial charge in [-0.1, -0.05) is 43.2 Å². The number of anilines is 2. The lowest BCUT2D eigenvalue weighted by atomic mass is 10.0. The van der Waals surface area contributed by atoms with Crippen molar-refractivity contribution in [3.63, 3.8) is 0 Å². The second-order valence-corrected chi connectivity index (χ2v) is 6.44. The van der Waals surface area contributed by atoms with E-state index in [0.717, 1.165) is 36.2 Å². The van der Waals surface area contributed by atoms with Crippen LogP contribution < -0.4 is 11.5 Å². The number of hydrogen-bond donors (Lipinski definition) is 3. The molecule has 0 atom stereocenters. The van der Waals surface area contributed by atoms with Gasteiger partial charge in [0.2, 0.25) is 5.95 Å². The number of nitrogens with two attached hydrogens (primary N) is 2. The Labute approximate surface area is 164 Å². The van der Waals surface area contributed by atoms with Gasteiger partial charge in [-0.2, -0.15) is 4.98 Å². The molecule has 1 aromatic heterocycles. The summed E-state index contributed by atoms with van der Waals surface area (Å²) in [7, 11) is 0. The van der Waals surface area contributed by atoms with E-state index in [-0.39, 0.29) is 12.6 Å². The number of nitrogens with zero attached hydrogens (tertiary/aromatic N) is 5. The molecule has 146 valence electrons. The summed E-state index contributed by atoms with van der Waals surface area (Å²) in [5.41, 5.74) is 14.6. The first-order valence-corrected chi connectivity index (χ1v) is 9.37. The van der Waals surface area contributed by atoms with Crippen molar-refractivity contribution in [2.75, 3.05) is 31.2 Å². The van der Waals surface area contributed by atoms with E-state index in [0.29, 0.717) is 29.5 Å². The van der Waals surface area contributed by atoms with Crippen LogP contribution in [0.3, 0.4) is 0 Å². The van der Waals surface area contributed by atoms with E-state index < -0.39 is 0 Å². The van der Waals surface area contributed by atoms with Crippen LogP contribution in [0.1, 0.15) is 32.4 Å². The molecule has 0 saturated heterocycles. The minimum Gasteiger partial charge on any atom is -0.394 e. The number of benzene rings is 1. The molecule has 27 heavy (non-hydrogen) atoms. The van der Waals surface area contributed by atoms with Crippen LogP contribution in [0.15, 0.2) is 28.5 Å². The number of halogens is 1. The molecule has 0 spiro atoms. The summed E-state index contributed by atoms with van der Waals surface area (Å²) in [5, 5.41) is 19.9. The summed E-state index contributed by atoms with van der Waals surface area (Å²) in [6, 6.07) is 5.38. The van der Waals surface area contributed by atoms with Crippen molar-refractivity contribution < 1.29 is 5.11 Å². The summed E-state index contributed by atoms with van der Waals surface area (Å²) >= 11 is 6.28. The molecular formula is C18H26ClN7O. The van der Waals surface area contributed by atoms with Crippen molar-refractivity contribution in [2.45, 2.75) is 33.1 Å². The second-order valence-electron chi connectivity index (χ2n) is 6.03. The highest BCUT2D eigenvalue weighted by Gasteiger charge is 2.14. The van der Waals surface area contributed by atoms with Gasteiger partial charge in [0.25, 0.3) is 0 Å². The predicted molar refractivity (Wildman–Crippen MR) is 109 cm³/mol. The van der Waals surface area contributed by atoms with E-state index in [2.05, 4.69) is 27.2 Å². The third-order valence-electron chi connectivity index (χ3n) is 4.01. The monoisotopic (exact) mass is 391 g/mol. The van der Waals surface area contributed by atoms with Crippen LogP contribution in [0, 0.1) is 0 Å². The average Bonchev–Trinajstić information content (AvgIpc) is 2.64. The molecule has 2 aromatic rings. The van der Waals surface area contributed by atoms with Crippen molar-refractivity contribution in [1.29, 1.82) is 0 Å². The Bertz CT molecular complexity index is 798. The summed E-state index contributed by atoms with van der Waals surface area (Å²) in [4.78, 5) is 8.34. The highest BCUT2D eigenvalue weighted by atomic mass is 35.5. The minimum atomic E-state index is 0.00960. The Balaban J connectivity index is 2.38. The van der Waals surface area contributed by atoms with Crippen LogP contribution in [-0.4, -0.2) is 39.8 Å². The van der Waals surface area contributed by atoms with Gasteiger partial charge in [0.1, 0.15) is 11.5 Å². The van der Waals surface area contributed by atoms with Crippen molar-refractivity contribution in [3.05, 3.63) is 28.9 Å². The van der Waals surface area contributed by atoms with Crippen LogP contribution in [0.4, 0.5) is 17.5 Å². The maximum atomic E-state index is 9.18. The SMILES string of the molecule is CCCCN(CCO)N=Nc1cc(-c2c(N)nc(N)nc2CC)ccc1Cl. The molecule has 0 amide bonds. The Hall–Kier alpha value is -2.45. The zero-order valence-corrected chi connectivity index (χ0v) is 16.4. The van der Waals surface area contributed by atoms with Gasteiger partial charge in [-0.3, -0.25) is 5.01 Å². The molecule has 0 radical (unpaired) electrons. The summed E-state index contributed by atoms with van der Waals surface area (Å²) in [5.74, 6) is 0.465. The van der Waals surface area contributed by atoms with Gasteiger partial charge in [0.05, 0.1) is 23.9 Å². The maximum absolute atomic E-state index is 9.18. The number of aromatic nitrogens is 2. The molecule has 9 heteroatoms. The highest BCUT2D eigenvalue weighted by Crippen LogP contribution is 2.35. The molecular weight excluding hydrogens is 366 g/mol. The molecule has 0 aliphatic rings. The standard InChI is InChI=1S/C18H26ClN7O/c1-3-5-8-26(9-10-27)25-24-15-11-12(6-7-13(15)19)16-14(4-2)22-18(21)23-17(16)20/h6-7,11,27H,3-5,8-10H2,1-2H3,(H4,20,21,22,23). The molecule has 0 saturated carbocycles. The van der Waals surface area contributed by atoms with Gasteiger partial charge in [-0.25, -0.2) is 4.98 Å². The molecule has 2 rings (SSSR count). The Morgan fingerprint density at radius 2 is 1.96 bits per heavy atom. The minimum absolute atomic E-state index is 0.00960. The number of nitrogen functional groups attached to an aromatic ring is 2. The van der Waals surface area contributed by atoms with Gasteiger partial charge in [0, 0.05) is 12.1 Å². The van der Waals surface area contributed by atoms with Gasteiger partial charge in [-0.15, -0.1) is 5.11 Å². The third kappa shape index (κ3) is 5.51. The molecule has 0 fully saturated rings. The van der Waals surface area contributed by atoms with E-state index in [9.17, 15) is 5.11 Å². The van der Waals surface area contributed by atoms with Crippen molar-refractivity contribution in [1.82, 2.24) is 15.0 Å². The lowest BCUT2D eigenvalue weighted by molar-refractivity contribution is 0.190. The number of hydrogen-bond acceptors (Lipinski definition) is 7. The van der Waals surface area contributed by atoms with E-state index in [1.54, 1.807) is 17.1 Å². The normalized spacial score (nSPS) is 11.3. The molecule has 0 bridgehead atoms. The van der Waals surface area contributed by atoms with Gasteiger partial charge >= 0.3 is 0 Å². The van der Waals surface area contributed by atoms with Crippen molar-refractivity contribution in [2.24, 2.45) is 10.3 Å². The van der Waals surface area contributed by atoms with E-state index >= 15 is 0 Å². The fraction of sp³-hybridized carbons (Fsp3) is 0.444. The smallest absolute Gasteiger partial charge is 0.222 e. The molecule has 0 aliphatic carbocycles. The highest BCUT2D eigenvalue weighted by molar-refractivity contribution is 6.33. The summed E-state index contributed by atoms with van der Waals surface area (Å²) in [6.45, 7) is 5.21. The largest absolute Gasteiger partial charge is 0.394 e. The summed E-state index contributed by atoms with van der Waals surface area (Å²) in [6.07, 6.45) is 2.66. The lowest BCUT2D eigenvalue weighted by Gasteiger charge is -2.16. The molecule has 0 aliphatic heterocycles. The quantitative estimate of drug-likeness (QED) is 0.442. The van der Waals surface area contributed by atoms with Crippen LogP contribution in [0.25, 0.3) is 11.1 Å². The third-order valence-corrected chi connectivity index (χ3v) is 4.33. The first-order chi connectivity index (χ1) is 13.0. The van der Waals surface area contributed by atoms with Crippen LogP contribution in [-0.2, 0) is 6.42 Å². The van der Waals surface area contributed by atoms with Gasteiger partial charge < -0.3 is 16.6 Å². The first-order valence-electron chi connectivity index (χ1n) is 8.99. The molecule has 5 N–H and O–H groups in total. The van der Waals surface area contributed by atoms with Gasteiger partial charge in [-0.05, 0) is 30.5 Å². The van der Waals surface area contributed by atoms with E-state index in [1.807, 2.05) is 13.0 Å². The molecule has 0 unspecified atom stereocenters. The van der Waals surface area contributed by atoms with Crippen molar-refractivity contribution in [3.8, 4) is 11.1 Å². The average molecular weight is 392 g/mol. The number of aryl methyl sites for hydroxylation is 1. The number of aliphatic hydroxyl groups is 1. The Kier molecular flexibility index (Phi) is 7.75. The van der Waals surface area contributed by atoms with Crippen LogP contribution >= 0.6 is 11.6 Å². The van der Waals surface area contributed by atoms with Crippen LogP contribution in [0.5, 0.6) is 0 Å². The first kappa shape index (κ1) is 20.9. The Morgan fingerprint density at radius 3 is 2.63 bits per heavy atom. The number of rotatable bonds is 9. The van der Waals surface area contributed by atoms with Gasteiger partial charge in [0.15, 0.2) is 0 Å². The molecule has 8 nitrogen and oxygen atoms in total. The fourth-order valence-electron chi connectivity index (χ4n) is 2.63. The zero-order valence-electron chi connectivity index (χ0n) is 15.7. The summed E-state index contributed by atoms with van der Waals surface area (Å²) < 4.78 is 0. The van der Waals surface area contributed by atoms with Crippen molar-refractivity contribution >= 4 is 29.1 Å². The molecule has 1 heterocycles. The molecule has 1 aromatic carbocycles. The number of aliphatic hydroxyl groups excluding tert-OH is 1. The lowest BCUT2D eigenvalue weighted by Crippen LogP contribution is -2.21. The topological polar surface area (TPSA) is 126 Å². The predicted octanol–water partition coefficient (Wildman–Crippen LogP) is 3.62. The second kappa shape index (κ2) is 10.0. The van der Waals surface area contributed by atoms with E-state index in [1.165, 1.54) is 0 Å². The number of unbranched alkanes of at least 4 members (excludes halogenated alkanes) is 1. The zero-order chi connectivity index (χ0) is 19.8. The van der Waals surface area contributed by atoms with Crippen LogP contribution in [0.2, 0.25) is 5.02 Å².